The maximum atomic E-state index is 12.9. The van der Waals surface area contributed by atoms with Crippen molar-refractivity contribution < 1.29 is 19.1 Å². The van der Waals surface area contributed by atoms with Crippen molar-refractivity contribution in [3.8, 4) is 0 Å². The molecule has 1 aromatic heterocycles. The molecule has 0 spiro atoms. The average Bonchev–Trinajstić information content (AvgIpc) is 2.32. The van der Waals surface area contributed by atoms with Gasteiger partial charge in [0.2, 0.25) is 0 Å². The molecule has 0 bridgehead atoms. The average molecular weight is 275 g/mol. The number of amides is 1. The van der Waals surface area contributed by atoms with Crippen molar-refractivity contribution in [1.29, 1.82) is 0 Å². The van der Waals surface area contributed by atoms with Gasteiger partial charge >= 0.3 is 5.97 Å². The zero-order chi connectivity index (χ0) is 13.7. The monoisotopic (exact) mass is 274 g/mol. The van der Waals surface area contributed by atoms with E-state index in [4.69, 9.17) is 16.7 Å². The Kier molecular flexibility index (Phi) is 5.03. The highest BCUT2D eigenvalue weighted by atomic mass is 35.5. The molecule has 0 aliphatic heterocycles. The van der Waals surface area contributed by atoms with E-state index in [1.54, 1.807) is 6.92 Å². The molecular weight excluding hydrogens is 263 g/mol. The van der Waals surface area contributed by atoms with E-state index >= 15 is 0 Å². The van der Waals surface area contributed by atoms with Crippen LogP contribution < -0.4 is 5.32 Å². The molecule has 0 aliphatic rings. The third kappa shape index (κ3) is 3.66. The molecule has 0 saturated carbocycles. The number of aromatic nitrogens is 1. The number of nitrogens with one attached hydrogen (secondary N) is 1. The van der Waals surface area contributed by atoms with Gasteiger partial charge < -0.3 is 10.4 Å². The Morgan fingerprint density at radius 2 is 2.28 bits per heavy atom. The summed E-state index contributed by atoms with van der Waals surface area (Å²) in [7, 11) is 0. The normalized spacial score (nSPS) is 11.9. The van der Waals surface area contributed by atoms with E-state index in [1.165, 1.54) is 0 Å². The van der Waals surface area contributed by atoms with Crippen LogP contribution in [-0.4, -0.2) is 28.5 Å². The fraction of sp³-hybridized carbons (Fsp3) is 0.364. The minimum absolute atomic E-state index is 0.0441. The number of carbonyl (C=O) groups excluding carboxylic acids is 1. The van der Waals surface area contributed by atoms with Crippen molar-refractivity contribution >= 4 is 23.5 Å². The molecule has 7 heteroatoms. The van der Waals surface area contributed by atoms with Crippen LogP contribution in [-0.2, 0) is 4.79 Å². The molecule has 1 atom stereocenters. The van der Waals surface area contributed by atoms with Crippen LogP contribution in [0.4, 0.5) is 4.39 Å². The van der Waals surface area contributed by atoms with Crippen LogP contribution >= 0.6 is 11.6 Å². The van der Waals surface area contributed by atoms with E-state index in [1.807, 2.05) is 0 Å². The first-order valence-electron chi connectivity index (χ1n) is 5.27. The molecule has 0 aromatic carbocycles. The molecule has 1 aromatic rings. The smallest absolute Gasteiger partial charge is 0.308 e. The van der Waals surface area contributed by atoms with Gasteiger partial charge in [0.15, 0.2) is 0 Å². The Balaban J connectivity index is 2.71. The number of pyridine rings is 1. The number of hydrogen-bond donors (Lipinski definition) is 2. The SMILES string of the molecule is CCC(CNC(=O)c1cc(F)cnc1Cl)C(=O)O. The number of carbonyl (C=O) groups is 2. The zero-order valence-corrected chi connectivity index (χ0v) is 10.4. The lowest BCUT2D eigenvalue weighted by molar-refractivity contribution is -0.141. The lowest BCUT2D eigenvalue weighted by atomic mass is 10.1. The summed E-state index contributed by atoms with van der Waals surface area (Å²) in [4.78, 5) is 25.9. The maximum absolute atomic E-state index is 12.9. The van der Waals surface area contributed by atoms with Crippen molar-refractivity contribution in [3.05, 3.63) is 28.8 Å². The summed E-state index contributed by atoms with van der Waals surface area (Å²) in [6.07, 6.45) is 1.27. The summed E-state index contributed by atoms with van der Waals surface area (Å²) in [5, 5.41) is 11.1. The van der Waals surface area contributed by atoms with Gasteiger partial charge in [-0.2, -0.15) is 0 Å². The van der Waals surface area contributed by atoms with E-state index in [-0.39, 0.29) is 17.3 Å². The molecule has 0 radical (unpaired) electrons. The van der Waals surface area contributed by atoms with Crippen LogP contribution in [0.5, 0.6) is 0 Å². The van der Waals surface area contributed by atoms with Crippen LogP contribution in [0.1, 0.15) is 23.7 Å². The summed E-state index contributed by atoms with van der Waals surface area (Å²) >= 11 is 5.65. The maximum Gasteiger partial charge on any atom is 0.308 e. The highest BCUT2D eigenvalue weighted by Gasteiger charge is 2.18. The number of halogens is 2. The molecule has 1 rings (SSSR count). The quantitative estimate of drug-likeness (QED) is 0.801. The largest absolute Gasteiger partial charge is 0.481 e. The van der Waals surface area contributed by atoms with Crippen LogP contribution in [0.2, 0.25) is 5.15 Å². The first-order chi connectivity index (χ1) is 8.45. The summed E-state index contributed by atoms with van der Waals surface area (Å²) in [6.45, 7) is 1.65. The van der Waals surface area contributed by atoms with Crippen LogP contribution in [0.15, 0.2) is 12.3 Å². The number of rotatable bonds is 5. The molecule has 0 fully saturated rings. The first kappa shape index (κ1) is 14.4. The molecule has 18 heavy (non-hydrogen) atoms. The second kappa shape index (κ2) is 6.30. The van der Waals surface area contributed by atoms with Gasteiger partial charge in [-0.15, -0.1) is 0 Å². The van der Waals surface area contributed by atoms with E-state index in [0.717, 1.165) is 12.3 Å². The predicted molar refractivity (Wildman–Crippen MR) is 63.0 cm³/mol. The van der Waals surface area contributed by atoms with Gasteiger partial charge in [0.25, 0.3) is 5.91 Å². The van der Waals surface area contributed by atoms with Gasteiger partial charge in [-0.25, -0.2) is 9.37 Å². The number of nitrogens with zero attached hydrogens (tertiary/aromatic N) is 1. The van der Waals surface area contributed by atoms with Crippen LogP contribution in [0.3, 0.4) is 0 Å². The fourth-order valence-corrected chi connectivity index (χ4v) is 1.49. The van der Waals surface area contributed by atoms with Crippen molar-refractivity contribution in [2.45, 2.75) is 13.3 Å². The van der Waals surface area contributed by atoms with Gasteiger partial charge in [0.05, 0.1) is 17.7 Å². The summed E-state index contributed by atoms with van der Waals surface area (Å²) in [6, 6.07) is 0.951. The second-order valence-corrected chi connectivity index (χ2v) is 4.00. The molecule has 0 aliphatic carbocycles. The summed E-state index contributed by atoms with van der Waals surface area (Å²) < 4.78 is 12.9. The summed E-state index contributed by atoms with van der Waals surface area (Å²) in [5.41, 5.74) is -0.114. The highest BCUT2D eigenvalue weighted by molar-refractivity contribution is 6.32. The van der Waals surface area contributed by atoms with Crippen LogP contribution in [0, 0.1) is 11.7 Å². The number of hydrogen-bond acceptors (Lipinski definition) is 3. The molecular formula is C11H12ClFN2O3. The fourth-order valence-electron chi connectivity index (χ4n) is 1.30. The molecule has 98 valence electrons. The first-order valence-corrected chi connectivity index (χ1v) is 5.65. The Labute approximate surface area is 108 Å². The minimum Gasteiger partial charge on any atom is -0.481 e. The van der Waals surface area contributed by atoms with Crippen molar-refractivity contribution in [1.82, 2.24) is 10.3 Å². The lowest BCUT2D eigenvalue weighted by Gasteiger charge is -2.11. The van der Waals surface area contributed by atoms with Gasteiger partial charge in [0.1, 0.15) is 11.0 Å². The molecule has 5 nitrogen and oxygen atoms in total. The lowest BCUT2D eigenvalue weighted by Crippen LogP contribution is -2.32. The molecule has 2 N–H and O–H groups in total. The van der Waals surface area contributed by atoms with Gasteiger partial charge in [-0.1, -0.05) is 18.5 Å². The van der Waals surface area contributed by atoms with E-state index in [9.17, 15) is 14.0 Å². The third-order valence-corrected chi connectivity index (χ3v) is 2.70. The van der Waals surface area contributed by atoms with Gasteiger partial charge in [-0.3, -0.25) is 9.59 Å². The Bertz CT molecular complexity index is 468. The van der Waals surface area contributed by atoms with Gasteiger partial charge in [0, 0.05) is 6.54 Å². The van der Waals surface area contributed by atoms with E-state index < -0.39 is 23.6 Å². The van der Waals surface area contributed by atoms with Gasteiger partial charge in [-0.05, 0) is 12.5 Å². The van der Waals surface area contributed by atoms with Crippen molar-refractivity contribution in [2.75, 3.05) is 6.54 Å². The Hall–Kier alpha value is -1.69. The molecule has 1 unspecified atom stereocenters. The van der Waals surface area contributed by atoms with Crippen molar-refractivity contribution in [3.63, 3.8) is 0 Å². The number of carboxylic acid groups (broad SMARTS) is 1. The molecule has 1 heterocycles. The predicted octanol–water partition coefficient (Wildman–Crippen LogP) is 1.71. The van der Waals surface area contributed by atoms with Crippen molar-refractivity contribution in [2.24, 2.45) is 5.92 Å². The molecule has 1 amide bonds. The third-order valence-electron chi connectivity index (χ3n) is 2.40. The number of aliphatic carboxylic acids is 1. The molecule has 0 saturated heterocycles. The van der Waals surface area contributed by atoms with E-state index in [2.05, 4.69) is 10.3 Å². The Morgan fingerprint density at radius 3 is 2.83 bits per heavy atom. The number of carboxylic acids is 1. The minimum atomic E-state index is -0.999. The summed E-state index contributed by atoms with van der Waals surface area (Å²) in [5.74, 6) is -3.02. The standard InChI is InChI=1S/C11H12ClFN2O3/c1-2-6(11(17)18)4-15-10(16)8-3-7(13)5-14-9(8)12/h3,5-6H,2,4H2,1H3,(H,15,16)(H,17,18). The van der Waals surface area contributed by atoms with E-state index in [0.29, 0.717) is 6.42 Å². The second-order valence-electron chi connectivity index (χ2n) is 3.65. The van der Waals surface area contributed by atoms with Crippen LogP contribution in [0.25, 0.3) is 0 Å². The topological polar surface area (TPSA) is 79.3 Å². The highest BCUT2D eigenvalue weighted by Crippen LogP contribution is 2.13. The zero-order valence-electron chi connectivity index (χ0n) is 9.61. The Morgan fingerprint density at radius 1 is 1.61 bits per heavy atom.